The molecule has 0 saturated carbocycles. The molecular formula is C14H18. The second-order valence-corrected chi connectivity index (χ2v) is 4.11. The molecule has 0 aromatic rings. The number of hydrogen-bond acceptors (Lipinski definition) is 0. The van der Waals surface area contributed by atoms with Crippen molar-refractivity contribution in [2.45, 2.75) is 25.7 Å². The van der Waals surface area contributed by atoms with Gasteiger partial charge in [-0.3, -0.25) is 0 Å². The normalized spacial score (nSPS) is 31.4. The van der Waals surface area contributed by atoms with Gasteiger partial charge in [0, 0.05) is 0 Å². The summed E-state index contributed by atoms with van der Waals surface area (Å²) in [6.45, 7) is 0. The highest BCUT2D eigenvalue weighted by molar-refractivity contribution is 5.14. The summed E-state index contributed by atoms with van der Waals surface area (Å²) in [5.41, 5.74) is 0. The van der Waals surface area contributed by atoms with E-state index in [1.807, 2.05) is 0 Å². The van der Waals surface area contributed by atoms with Gasteiger partial charge in [-0.05, 0) is 37.5 Å². The molecule has 74 valence electrons. The molecular weight excluding hydrogens is 168 g/mol. The van der Waals surface area contributed by atoms with Gasteiger partial charge < -0.3 is 0 Å². The van der Waals surface area contributed by atoms with Crippen molar-refractivity contribution in [2.24, 2.45) is 11.8 Å². The van der Waals surface area contributed by atoms with E-state index in [9.17, 15) is 0 Å². The minimum Gasteiger partial charge on any atom is -0.0845 e. The van der Waals surface area contributed by atoms with Crippen molar-refractivity contribution in [1.82, 2.24) is 0 Å². The van der Waals surface area contributed by atoms with E-state index in [0.29, 0.717) is 0 Å². The van der Waals surface area contributed by atoms with Crippen LogP contribution in [0, 0.1) is 11.8 Å². The fourth-order valence-corrected chi connectivity index (χ4v) is 2.25. The van der Waals surface area contributed by atoms with Crippen LogP contribution in [-0.2, 0) is 0 Å². The number of hydrogen-bond donors (Lipinski definition) is 0. The molecule has 2 unspecified atom stereocenters. The molecule has 0 saturated heterocycles. The summed E-state index contributed by atoms with van der Waals surface area (Å²) in [4.78, 5) is 0. The molecule has 0 heterocycles. The zero-order valence-electron chi connectivity index (χ0n) is 8.60. The lowest BCUT2D eigenvalue weighted by Gasteiger charge is -2.19. The van der Waals surface area contributed by atoms with Crippen LogP contribution in [0.25, 0.3) is 0 Å². The topological polar surface area (TPSA) is 0 Å². The van der Waals surface area contributed by atoms with Crippen LogP contribution in [0.15, 0.2) is 48.6 Å². The standard InChI is InChI=1S/C14H18/c1-2-6-10-13(9-5-1)14-11-7-3-4-8-12-14/h1-5,7,9,11,13-14H,6,8,10,12H2. The van der Waals surface area contributed by atoms with Crippen LogP contribution in [0.1, 0.15) is 25.7 Å². The van der Waals surface area contributed by atoms with Crippen molar-refractivity contribution in [1.29, 1.82) is 0 Å². The quantitative estimate of drug-likeness (QED) is 0.580. The Balaban J connectivity index is 2.00. The minimum atomic E-state index is 0.751. The van der Waals surface area contributed by atoms with Crippen molar-refractivity contribution < 1.29 is 0 Å². The highest BCUT2D eigenvalue weighted by atomic mass is 14.2. The molecule has 0 aromatic heterocycles. The molecule has 0 spiro atoms. The Morgan fingerprint density at radius 2 is 1.14 bits per heavy atom. The van der Waals surface area contributed by atoms with E-state index < -0.39 is 0 Å². The summed E-state index contributed by atoms with van der Waals surface area (Å²) in [7, 11) is 0. The van der Waals surface area contributed by atoms with Gasteiger partial charge in [0.2, 0.25) is 0 Å². The average molecular weight is 186 g/mol. The molecule has 14 heavy (non-hydrogen) atoms. The fraction of sp³-hybridized carbons (Fsp3) is 0.429. The number of allylic oxidation sites excluding steroid dienone is 8. The largest absolute Gasteiger partial charge is 0.0845 e. The third kappa shape index (κ3) is 2.47. The molecule has 2 aliphatic rings. The molecule has 0 aliphatic heterocycles. The second-order valence-electron chi connectivity index (χ2n) is 4.11. The molecule has 0 bridgehead atoms. The van der Waals surface area contributed by atoms with Gasteiger partial charge in [-0.1, -0.05) is 48.6 Å². The lowest BCUT2D eigenvalue weighted by atomic mass is 9.85. The summed E-state index contributed by atoms with van der Waals surface area (Å²) < 4.78 is 0. The Bertz CT molecular complexity index is 248. The highest BCUT2D eigenvalue weighted by Gasteiger charge is 2.16. The smallest absolute Gasteiger partial charge is 0.0164 e. The molecule has 0 amide bonds. The molecule has 0 aromatic carbocycles. The monoisotopic (exact) mass is 186 g/mol. The van der Waals surface area contributed by atoms with E-state index in [2.05, 4.69) is 48.6 Å². The summed E-state index contributed by atoms with van der Waals surface area (Å²) in [6.07, 6.45) is 23.2. The van der Waals surface area contributed by atoms with Crippen LogP contribution in [0.5, 0.6) is 0 Å². The first-order valence-electron chi connectivity index (χ1n) is 5.63. The minimum absolute atomic E-state index is 0.751. The van der Waals surface area contributed by atoms with Crippen molar-refractivity contribution in [3.8, 4) is 0 Å². The van der Waals surface area contributed by atoms with E-state index in [1.54, 1.807) is 0 Å². The van der Waals surface area contributed by atoms with Gasteiger partial charge in [0.15, 0.2) is 0 Å². The van der Waals surface area contributed by atoms with Crippen LogP contribution in [0.4, 0.5) is 0 Å². The van der Waals surface area contributed by atoms with Gasteiger partial charge in [-0.25, -0.2) is 0 Å². The maximum atomic E-state index is 2.38. The highest BCUT2D eigenvalue weighted by Crippen LogP contribution is 2.28. The zero-order valence-corrected chi connectivity index (χ0v) is 8.60. The van der Waals surface area contributed by atoms with Crippen molar-refractivity contribution in [2.75, 3.05) is 0 Å². The lowest BCUT2D eigenvalue weighted by Crippen LogP contribution is -2.09. The summed E-state index contributed by atoms with van der Waals surface area (Å²) >= 11 is 0. The average Bonchev–Trinajstić information content (AvgIpc) is 2.62. The van der Waals surface area contributed by atoms with Crippen LogP contribution in [-0.4, -0.2) is 0 Å². The third-order valence-electron chi connectivity index (χ3n) is 3.09. The first-order chi connectivity index (χ1) is 6.97. The van der Waals surface area contributed by atoms with Crippen molar-refractivity contribution in [3.63, 3.8) is 0 Å². The van der Waals surface area contributed by atoms with Gasteiger partial charge >= 0.3 is 0 Å². The Morgan fingerprint density at radius 3 is 1.64 bits per heavy atom. The predicted molar refractivity (Wildman–Crippen MR) is 62.0 cm³/mol. The first kappa shape index (κ1) is 9.51. The lowest BCUT2D eigenvalue weighted by molar-refractivity contribution is 0.428. The van der Waals surface area contributed by atoms with E-state index in [-0.39, 0.29) is 0 Å². The van der Waals surface area contributed by atoms with Crippen LogP contribution in [0.2, 0.25) is 0 Å². The van der Waals surface area contributed by atoms with Gasteiger partial charge in [-0.2, -0.15) is 0 Å². The predicted octanol–water partition coefficient (Wildman–Crippen LogP) is 4.03. The molecule has 2 aliphatic carbocycles. The van der Waals surface area contributed by atoms with Crippen LogP contribution < -0.4 is 0 Å². The maximum Gasteiger partial charge on any atom is -0.0164 e. The molecule has 2 rings (SSSR count). The van der Waals surface area contributed by atoms with Gasteiger partial charge in [0.05, 0.1) is 0 Å². The van der Waals surface area contributed by atoms with E-state index >= 15 is 0 Å². The van der Waals surface area contributed by atoms with Crippen molar-refractivity contribution in [3.05, 3.63) is 48.6 Å². The van der Waals surface area contributed by atoms with Crippen LogP contribution >= 0.6 is 0 Å². The molecule has 0 heteroatoms. The molecule has 0 N–H and O–H groups in total. The third-order valence-corrected chi connectivity index (χ3v) is 3.09. The summed E-state index contributed by atoms with van der Waals surface area (Å²) in [5.74, 6) is 1.50. The van der Waals surface area contributed by atoms with Gasteiger partial charge in [-0.15, -0.1) is 0 Å². The van der Waals surface area contributed by atoms with E-state index in [4.69, 9.17) is 0 Å². The van der Waals surface area contributed by atoms with E-state index in [0.717, 1.165) is 11.8 Å². The second kappa shape index (κ2) is 4.99. The Morgan fingerprint density at radius 1 is 0.643 bits per heavy atom. The molecule has 0 nitrogen and oxygen atoms in total. The maximum absolute atomic E-state index is 2.38. The fourth-order valence-electron chi connectivity index (χ4n) is 2.25. The SMILES string of the molecule is C1=CCCC(C2C=CC=CCC2)C=C1. The molecule has 2 atom stereocenters. The first-order valence-corrected chi connectivity index (χ1v) is 5.63. The summed E-state index contributed by atoms with van der Waals surface area (Å²) in [5, 5.41) is 0. The van der Waals surface area contributed by atoms with E-state index in [1.165, 1.54) is 25.7 Å². The molecule has 0 fully saturated rings. The summed E-state index contributed by atoms with van der Waals surface area (Å²) in [6, 6.07) is 0. The van der Waals surface area contributed by atoms with Crippen LogP contribution in [0.3, 0.4) is 0 Å². The zero-order chi connectivity index (χ0) is 9.64. The number of rotatable bonds is 1. The Hall–Kier alpha value is -1.04. The van der Waals surface area contributed by atoms with Crippen molar-refractivity contribution >= 4 is 0 Å². The molecule has 0 radical (unpaired) electrons. The van der Waals surface area contributed by atoms with Gasteiger partial charge in [0.1, 0.15) is 0 Å². The Labute approximate surface area is 86.7 Å². The van der Waals surface area contributed by atoms with Gasteiger partial charge in [0.25, 0.3) is 0 Å². The Kier molecular flexibility index (Phi) is 3.39.